The van der Waals surface area contributed by atoms with Gasteiger partial charge >= 0.3 is 0 Å². The molecule has 33 heavy (non-hydrogen) atoms. The van der Waals surface area contributed by atoms with E-state index in [0.29, 0.717) is 24.2 Å². The van der Waals surface area contributed by atoms with Crippen LogP contribution in [0.1, 0.15) is 26.3 Å². The molecule has 1 atom stereocenters. The molecule has 1 unspecified atom stereocenters. The molecular weight excluding hydrogens is 534 g/mol. The molecule has 3 rings (SSSR count). The van der Waals surface area contributed by atoms with E-state index in [9.17, 15) is 4.39 Å². The highest BCUT2D eigenvalue weighted by Crippen LogP contribution is 2.22. The van der Waals surface area contributed by atoms with Crippen molar-refractivity contribution >= 4 is 35.6 Å². The molecular formula is C24H42FIN6O. The summed E-state index contributed by atoms with van der Waals surface area (Å²) in [5, 5.41) is 6.79. The van der Waals surface area contributed by atoms with Gasteiger partial charge in [-0.25, -0.2) is 4.39 Å². The van der Waals surface area contributed by atoms with Crippen LogP contribution in [0.2, 0.25) is 0 Å². The Labute approximate surface area is 216 Å². The van der Waals surface area contributed by atoms with Crippen LogP contribution in [-0.2, 0) is 11.3 Å². The minimum Gasteiger partial charge on any atom is -0.379 e. The number of morpholine rings is 1. The number of halogens is 2. The molecule has 0 bridgehead atoms. The zero-order valence-electron chi connectivity index (χ0n) is 20.6. The van der Waals surface area contributed by atoms with Crippen LogP contribution in [0.25, 0.3) is 0 Å². The average molecular weight is 577 g/mol. The van der Waals surface area contributed by atoms with Crippen molar-refractivity contribution in [2.45, 2.75) is 33.4 Å². The fourth-order valence-corrected chi connectivity index (χ4v) is 4.53. The highest BCUT2D eigenvalue weighted by molar-refractivity contribution is 14.0. The first-order valence-electron chi connectivity index (χ1n) is 12.0. The molecule has 188 valence electrons. The minimum absolute atomic E-state index is 0. The fraction of sp³-hybridized carbons (Fsp3) is 0.708. The Morgan fingerprint density at radius 3 is 2.36 bits per heavy atom. The Balaban J connectivity index is 0.00000385. The minimum atomic E-state index is -0.149. The average Bonchev–Trinajstić information content (AvgIpc) is 2.82. The van der Waals surface area contributed by atoms with Crippen molar-refractivity contribution in [3.63, 3.8) is 0 Å². The molecule has 0 aromatic heterocycles. The lowest BCUT2D eigenvalue weighted by Crippen LogP contribution is -2.52. The first kappa shape index (κ1) is 28.1. The Morgan fingerprint density at radius 2 is 1.79 bits per heavy atom. The largest absolute Gasteiger partial charge is 0.379 e. The summed E-state index contributed by atoms with van der Waals surface area (Å²) in [5.74, 6) is 1.12. The van der Waals surface area contributed by atoms with Gasteiger partial charge in [0.2, 0.25) is 0 Å². The molecule has 0 radical (unpaired) electrons. The first-order valence-corrected chi connectivity index (χ1v) is 12.0. The summed E-state index contributed by atoms with van der Waals surface area (Å²) in [6.07, 6.45) is 0. The normalized spacial score (nSPS) is 19.3. The molecule has 0 saturated carbocycles. The maximum absolute atomic E-state index is 14.8. The predicted octanol–water partition coefficient (Wildman–Crippen LogP) is 2.61. The number of aliphatic imine (C=N–C) groups is 1. The zero-order chi connectivity index (χ0) is 22.9. The van der Waals surface area contributed by atoms with Gasteiger partial charge in [0.15, 0.2) is 5.96 Å². The predicted molar refractivity (Wildman–Crippen MR) is 145 cm³/mol. The topological polar surface area (TPSA) is 55.4 Å². The van der Waals surface area contributed by atoms with E-state index in [1.165, 1.54) is 0 Å². The number of likely N-dealkylation sites (N-methyl/N-ethyl adjacent to an activating group) is 1. The van der Waals surface area contributed by atoms with Gasteiger partial charge in [-0.15, -0.1) is 24.0 Å². The van der Waals surface area contributed by atoms with Crippen molar-refractivity contribution in [3.05, 3.63) is 29.6 Å². The Morgan fingerprint density at radius 1 is 1.09 bits per heavy atom. The van der Waals surface area contributed by atoms with Crippen LogP contribution in [0.4, 0.5) is 10.1 Å². The number of piperazine rings is 1. The monoisotopic (exact) mass is 576 g/mol. The van der Waals surface area contributed by atoms with Crippen molar-refractivity contribution in [3.8, 4) is 0 Å². The third-order valence-corrected chi connectivity index (χ3v) is 6.62. The van der Waals surface area contributed by atoms with Crippen LogP contribution in [0.5, 0.6) is 0 Å². The second-order valence-corrected chi connectivity index (χ2v) is 8.97. The highest BCUT2D eigenvalue weighted by atomic mass is 127. The van der Waals surface area contributed by atoms with Crippen molar-refractivity contribution in [2.24, 2.45) is 10.9 Å². The molecule has 2 N–H and O–H groups in total. The van der Waals surface area contributed by atoms with Gasteiger partial charge in [-0.2, -0.15) is 0 Å². The maximum Gasteiger partial charge on any atom is 0.191 e. The number of anilines is 1. The van der Waals surface area contributed by atoms with E-state index >= 15 is 0 Å². The second kappa shape index (κ2) is 14.3. The molecule has 2 saturated heterocycles. The maximum atomic E-state index is 14.8. The van der Waals surface area contributed by atoms with Crippen LogP contribution in [0.3, 0.4) is 0 Å². The fourth-order valence-electron chi connectivity index (χ4n) is 4.53. The molecule has 0 amide bonds. The summed E-state index contributed by atoms with van der Waals surface area (Å²) in [5.41, 5.74) is 1.62. The summed E-state index contributed by atoms with van der Waals surface area (Å²) < 4.78 is 20.3. The van der Waals surface area contributed by atoms with Crippen molar-refractivity contribution in [1.29, 1.82) is 0 Å². The summed E-state index contributed by atoms with van der Waals surface area (Å²) in [7, 11) is 1.77. The smallest absolute Gasteiger partial charge is 0.191 e. The number of hydrogen-bond acceptors (Lipinski definition) is 5. The van der Waals surface area contributed by atoms with E-state index in [1.54, 1.807) is 13.1 Å². The number of nitrogens with one attached hydrogen (secondary N) is 2. The number of nitrogens with zero attached hydrogens (tertiary/aromatic N) is 4. The van der Waals surface area contributed by atoms with Gasteiger partial charge in [0.05, 0.1) is 18.9 Å². The van der Waals surface area contributed by atoms with Gasteiger partial charge in [0.25, 0.3) is 0 Å². The summed E-state index contributed by atoms with van der Waals surface area (Å²) >= 11 is 0. The van der Waals surface area contributed by atoms with Gasteiger partial charge in [0, 0.05) is 65.4 Å². The molecule has 0 spiro atoms. The van der Waals surface area contributed by atoms with Gasteiger partial charge in [-0.05, 0) is 30.2 Å². The third kappa shape index (κ3) is 8.22. The molecule has 2 heterocycles. The van der Waals surface area contributed by atoms with Crippen LogP contribution in [0.15, 0.2) is 23.2 Å². The van der Waals surface area contributed by atoms with Gasteiger partial charge < -0.3 is 25.2 Å². The second-order valence-electron chi connectivity index (χ2n) is 8.97. The molecule has 7 nitrogen and oxygen atoms in total. The quantitative estimate of drug-likeness (QED) is 0.282. The van der Waals surface area contributed by atoms with E-state index in [1.807, 2.05) is 12.1 Å². The van der Waals surface area contributed by atoms with Gasteiger partial charge in [0.1, 0.15) is 5.82 Å². The van der Waals surface area contributed by atoms with Crippen molar-refractivity contribution < 1.29 is 9.13 Å². The van der Waals surface area contributed by atoms with Gasteiger partial charge in [-0.1, -0.05) is 26.8 Å². The standard InChI is InChI=1S/C24H41FN6O.HI/c1-5-29-8-10-30(11-9-29)22-7-6-20(16-21(22)25)17-27-24(26-4)28-18-23(19(2)3)31-12-14-32-15-13-31;/h6-7,16,19,23H,5,8-15,17-18H2,1-4H3,(H2,26,27,28);1H. The number of ether oxygens (including phenoxy) is 1. The lowest BCUT2D eigenvalue weighted by molar-refractivity contribution is 0.00752. The molecule has 1 aromatic rings. The molecule has 9 heteroatoms. The van der Waals surface area contributed by atoms with E-state index in [4.69, 9.17) is 4.74 Å². The SMILES string of the molecule is CCN1CCN(c2ccc(CNC(=NC)NCC(C(C)C)N3CCOCC3)cc2F)CC1.I. The van der Waals surface area contributed by atoms with Crippen LogP contribution in [-0.4, -0.2) is 94.4 Å². The summed E-state index contributed by atoms with van der Waals surface area (Å²) in [6.45, 7) is 16.3. The van der Waals surface area contributed by atoms with Crippen molar-refractivity contribution in [1.82, 2.24) is 20.4 Å². The van der Waals surface area contributed by atoms with Crippen LogP contribution >= 0.6 is 24.0 Å². The van der Waals surface area contributed by atoms with E-state index < -0.39 is 0 Å². The lowest BCUT2D eigenvalue weighted by Gasteiger charge is -2.37. The highest BCUT2D eigenvalue weighted by Gasteiger charge is 2.24. The first-order chi connectivity index (χ1) is 15.5. The van der Waals surface area contributed by atoms with E-state index in [0.717, 1.165) is 77.1 Å². The van der Waals surface area contributed by atoms with E-state index in [2.05, 4.69) is 51.1 Å². The zero-order valence-corrected chi connectivity index (χ0v) is 23.0. The number of rotatable bonds is 8. The Kier molecular flexibility index (Phi) is 12.1. The summed E-state index contributed by atoms with van der Waals surface area (Å²) in [4.78, 5) is 11.4. The van der Waals surface area contributed by atoms with Gasteiger partial charge in [-0.3, -0.25) is 9.89 Å². The third-order valence-electron chi connectivity index (χ3n) is 6.62. The van der Waals surface area contributed by atoms with Crippen LogP contribution in [0, 0.1) is 11.7 Å². The van der Waals surface area contributed by atoms with Crippen LogP contribution < -0.4 is 15.5 Å². The lowest BCUT2D eigenvalue weighted by atomic mass is 10.0. The number of guanidine groups is 1. The Bertz CT molecular complexity index is 736. The summed E-state index contributed by atoms with van der Waals surface area (Å²) in [6, 6.07) is 5.99. The van der Waals surface area contributed by atoms with E-state index in [-0.39, 0.29) is 29.8 Å². The molecule has 1 aromatic carbocycles. The molecule has 2 aliphatic heterocycles. The number of benzene rings is 1. The Hall–Kier alpha value is -1.17. The van der Waals surface area contributed by atoms with Crippen molar-refractivity contribution in [2.75, 3.05) is 77.5 Å². The molecule has 2 fully saturated rings. The molecule has 0 aliphatic carbocycles. The number of hydrogen-bond donors (Lipinski definition) is 2. The molecule has 2 aliphatic rings.